The molecule has 1 N–H and O–H groups in total. The van der Waals surface area contributed by atoms with Crippen molar-refractivity contribution in [2.24, 2.45) is 0 Å². The summed E-state index contributed by atoms with van der Waals surface area (Å²) in [6, 6.07) is 14.5. The van der Waals surface area contributed by atoms with Crippen molar-refractivity contribution >= 4 is 29.2 Å². The van der Waals surface area contributed by atoms with Crippen LogP contribution < -0.4 is 0 Å². The van der Waals surface area contributed by atoms with Crippen LogP contribution in [0.15, 0.2) is 48.5 Å². The van der Waals surface area contributed by atoms with Crippen LogP contribution in [0.5, 0.6) is 0 Å². The Morgan fingerprint density at radius 2 is 1.89 bits per heavy atom. The van der Waals surface area contributed by atoms with E-state index in [1.54, 1.807) is 30.3 Å². The van der Waals surface area contributed by atoms with Crippen LogP contribution in [0.2, 0.25) is 5.02 Å². The van der Waals surface area contributed by atoms with E-state index in [9.17, 15) is 9.90 Å². The number of rotatable bonds is 3. The highest BCUT2D eigenvalue weighted by Gasteiger charge is 2.10. The first kappa shape index (κ1) is 13.4. The average Bonchev–Trinajstić information content (AvgIpc) is 2.35. The van der Waals surface area contributed by atoms with E-state index in [-0.39, 0.29) is 5.57 Å². The standard InChI is InChI=1S/C16H13ClO2/c1-11-4-2-6-13(8-11)15(16(18)19)10-12-5-3-7-14(17)9-12/h2-10H,1H3,(H,18,19)/b15-10+. The van der Waals surface area contributed by atoms with Gasteiger partial charge in [-0.15, -0.1) is 0 Å². The predicted molar refractivity (Wildman–Crippen MR) is 78.1 cm³/mol. The minimum Gasteiger partial charge on any atom is -0.478 e. The van der Waals surface area contributed by atoms with Gasteiger partial charge in [-0.05, 0) is 36.3 Å². The van der Waals surface area contributed by atoms with Gasteiger partial charge in [-0.1, -0.05) is 53.6 Å². The molecule has 3 heteroatoms. The number of halogens is 1. The summed E-state index contributed by atoms with van der Waals surface area (Å²) in [6.45, 7) is 1.93. The van der Waals surface area contributed by atoms with Crippen molar-refractivity contribution in [3.63, 3.8) is 0 Å². The summed E-state index contributed by atoms with van der Waals surface area (Å²) >= 11 is 5.90. The predicted octanol–water partition coefficient (Wildman–Crippen LogP) is 4.27. The Morgan fingerprint density at radius 1 is 1.16 bits per heavy atom. The van der Waals surface area contributed by atoms with Gasteiger partial charge in [-0.3, -0.25) is 0 Å². The average molecular weight is 273 g/mol. The minimum atomic E-state index is -0.953. The van der Waals surface area contributed by atoms with E-state index in [2.05, 4.69) is 0 Å². The lowest BCUT2D eigenvalue weighted by Gasteiger charge is -2.04. The minimum absolute atomic E-state index is 0.256. The third-order valence-corrected chi connectivity index (χ3v) is 2.95. The van der Waals surface area contributed by atoms with Crippen LogP contribution >= 0.6 is 11.6 Å². The first-order valence-electron chi connectivity index (χ1n) is 5.84. The molecule has 0 unspecified atom stereocenters. The van der Waals surface area contributed by atoms with Gasteiger partial charge in [-0.25, -0.2) is 4.79 Å². The molecule has 19 heavy (non-hydrogen) atoms. The molecule has 0 aromatic heterocycles. The van der Waals surface area contributed by atoms with E-state index in [0.29, 0.717) is 10.6 Å². The molecule has 0 radical (unpaired) electrons. The molecule has 0 aliphatic rings. The van der Waals surface area contributed by atoms with Crippen molar-refractivity contribution < 1.29 is 9.90 Å². The summed E-state index contributed by atoms with van der Waals surface area (Å²) in [4.78, 5) is 11.4. The summed E-state index contributed by atoms with van der Waals surface area (Å²) in [6.07, 6.45) is 1.63. The third-order valence-electron chi connectivity index (χ3n) is 2.72. The van der Waals surface area contributed by atoms with Crippen LogP contribution in [0.4, 0.5) is 0 Å². The van der Waals surface area contributed by atoms with Gasteiger partial charge in [-0.2, -0.15) is 0 Å². The van der Waals surface area contributed by atoms with Crippen molar-refractivity contribution in [3.05, 3.63) is 70.2 Å². The highest BCUT2D eigenvalue weighted by Crippen LogP contribution is 2.21. The zero-order valence-corrected chi connectivity index (χ0v) is 11.2. The number of aryl methyl sites for hydroxylation is 1. The van der Waals surface area contributed by atoms with Crippen LogP contribution in [0.25, 0.3) is 11.6 Å². The Bertz CT molecular complexity index is 645. The van der Waals surface area contributed by atoms with Gasteiger partial charge in [0.15, 0.2) is 0 Å². The zero-order chi connectivity index (χ0) is 13.8. The number of hydrogen-bond donors (Lipinski definition) is 1. The van der Waals surface area contributed by atoms with Gasteiger partial charge in [0.05, 0.1) is 5.57 Å². The number of benzene rings is 2. The number of aliphatic carboxylic acids is 1. The summed E-state index contributed by atoms with van der Waals surface area (Å²) in [5.74, 6) is -0.953. The normalized spacial score (nSPS) is 11.4. The van der Waals surface area contributed by atoms with E-state index in [4.69, 9.17) is 11.6 Å². The SMILES string of the molecule is Cc1cccc(/C(=C\c2cccc(Cl)c2)C(=O)O)c1. The lowest BCUT2D eigenvalue weighted by molar-refractivity contribution is -0.130. The lowest BCUT2D eigenvalue weighted by Crippen LogP contribution is -1.99. The maximum atomic E-state index is 11.4. The Morgan fingerprint density at radius 3 is 2.53 bits per heavy atom. The molecule has 0 heterocycles. The molecule has 0 aliphatic carbocycles. The fraction of sp³-hybridized carbons (Fsp3) is 0.0625. The fourth-order valence-corrected chi connectivity index (χ4v) is 2.04. The highest BCUT2D eigenvalue weighted by atomic mass is 35.5. The Kier molecular flexibility index (Phi) is 4.03. The molecule has 0 spiro atoms. The van der Waals surface area contributed by atoms with Crippen molar-refractivity contribution in [2.45, 2.75) is 6.92 Å². The maximum Gasteiger partial charge on any atom is 0.336 e. The topological polar surface area (TPSA) is 37.3 Å². The van der Waals surface area contributed by atoms with Gasteiger partial charge in [0.25, 0.3) is 0 Å². The third kappa shape index (κ3) is 3.46. The van der Waals surface area contributed by atoms with Crippen molar-refractivity contribution in [3.8, 4) is 0 Å². The summed E-state index contributed by atoms with van der Waals surface area (Å²) in [7, 11) is 0. The molecule has 0 saturated carbocycles. The molecule has 0 atom stereocenters. The van der Waals surface area contributed by atoms with Gasteiger partial charge in [0, 0.05) is 5.02 Å². The maximum absolute atomic E-state index is 11.4. The Hall–Kier alpha value is -2.06. The number of carboxylic acids is 1. The Labute approximate surface area is 117 Å². The van der Waals surface area contributed by atoms with Crippen LogP contribution in [-0.4, -0.2) is 11.1 Å². The number of hydrogen-bond acceptors (Lipinski definition) is 1. The molecule has 96 valence electrons. The van der Waals surface area contributed by atoms with E-state index in [0.717, 1.165) is 11.1 Å². The molecular formula is C16H13ClO2. The monoisotopic (exact) mass is 272 g/mol. The molecule has 0 bridgehead atoms. The van der Waals surface area contributed by atoms with E-state index in [1.165, 1.54) is 0 Å². The molecule has 2 nitrogen and oxygen atoms in total. The van der Waals surface area contributed by atoms with Crippen molar-refractivity contribution in [1.29, 1.82) is 0 Å². The first-order valence-corrected chi connectivity index (χ1v) is 6.21. The van der Waals surface area contributed by atoms with E-state index in [1.807, 2.05) is 31.2 Å². The van der Waals surface area contributed by atoms with Gasteiger partial charge >= 0.3 is 5.97 Å². The second kappa shape index (κ2) is 5.72. The summed E-state index contributed by atoms with van der Waals surface area (Å²) in [5, 5.41) is 9.93. The molecule has 2 rings (SSSR count). The molecule has 0 fully saturated rings. The lowest BCUT2D eigenvalue weighted by atomic mass is 10.0. The molecule has 2 aromatic carbocycles. The van der Waals surface area contributed by atoms with E-state index >= 15 is 0 Å². The zero-order valence-electron chi connectivity index (χ0n) is 10.4. The first-order chi connectivity index (χ1) is 9.06. The molecule has 0 saturated heterocycles. The van der Waals surface area contributed by atoms with Gasteiger partial charge in [0.2, 0.25) is 0 Å². The van der Waals surface area contributed by atoms with Crippen LogP contribution in [0, 0.1) is 6.92 Å². The van der Waals surface area contributed by atoms with Crippen LogP contribution in [0.1, 0.15) is 16.7 Å². The van der Waals surface area contributed by atoms with E-state index < -0.39 is 5.97 Å². The Balaban J connectivity index is 2.49. The molecular weight excluding hydrogens is 260 g/mol. The summed E-state index contributed by atoms with van der Waals surface area (Å²) in [5.41, 5.74) is 2.74. The number of carbonyl (C=O) groups is 1. The van der Waals surface area contributed by atoms with Gasteiger partial charge < -0.3 is 5.11 Å². The smallest absolute Gasteiger partial charge is 0.336 e. The highest BCUT2D eigenvalue weighted by molar-refractivity contribution is 6.30. The van der Waals surface area contributed by atoms with Gasteiger partial charge in [0.1, 0.15) is 0 Å². The van der Waals surface area contributed by atoms with Crippen molar-refractivity contribution in [2.75, 3.05) is 0 Å². The van der Waals surface area contributed by atoms with Crippen molar-refractivity contribution in [1.82, 2.24) is 0 Å². The molecule has 0 amide bonds. The second-order valence-electron chi connectivity index (χ2n) is 4.29. The molecule has 2 aromatic rings. The number of carboxylic acid groups (broad SMARTS) is 1. The largest absolute Gasteiger partial charge is 0.478 e. The second-order valence-corrected chi connectivity index (χ2v) is 4.72. The molecule has 0 aliphatic heterocycles. The van der Waals surface area contributed by atoms with Crippen LogP contribution in [-0.2, 0) is 4.79 Å². The summed E-state index contributed by atoms with van der Waals surface area (Å²) < 4.78 is 0. The quantitative estimate of drug-likeness (QED) is 0.669. The fourth-order valence-electron chi connectivity index (χ4n) is 1.84. The van der Waals surface area contributed by atoms with Crippen LogP contribution in [0.3, 0.4) is 0 Å².